The molecule has 0 amide bonds. The van der Waals surface area contributed by atoms with E-state index in [9.17, 15) is 19.0 Å². The van der Waals surface area contributed by atoms with Crippen LogP contribution in [0.15, 0.2) is 24.3 Å². The zero-order chi connectivity index (χ0) is 38.7. The first-order valence-corrected chi connectivity index (χ1v) is 19.0. The number of fused-ring (bicyclic) bond motifs is 3. The molecule has 0 radical (unpaired) electrons. The number of terminal acetylenes is 1. The van der Waals surface area contributed by atoms with Crippen molar-refractivity contribution in [1.82, 2.24) is 19.9 Å². The number of halogens is 4. The first-order valence-electron chi connectivity index (χ1n) is 19.0. The predicted molar refractivity (Wildman–Crippen MR) is 199 cm³/mol. The monoisotopic (exact) mass is 763 g/mol. The fraction of sp³-hybridized carbons (Fsp3) is 0.537. The standard InChI is InChI=1S/C41H45F4N5O5/c1-4-27-29(42)9-8-24-19-26(51)20-28(31(24)27)34-33(43)35-32(37(46-34)53-3)36(49-17-18-54-22-39(2,52)21-49)48-38(47-35)55-23-40-12-5-7-30(40)50(16-6-13-40)25-10-14-41(44,45)15-11-25/h1,8-9,19-20,25,30,51-52H,5-7,10-18,21-23H2,2-3H3/t30-,39+,40-/m1/s1. The molecule has 2 saturated heterocycles. The maximum absolute atomic E-state index is 17.3. The van der Waals surface area contributed by atoms with Gasteiger partial charge in [-0.15, -0.1) is 6.42 Å². The Balaban J connectivity index is 1.24. The molecule has 2 aliphatic carbocycles. The first-order chi connectivity index (χ1) is 26.3. The van der Waals surface area contributed by atoms with Gasteiger partial charge in [-0.2, -0.15) is 9.97 Å². The van der Waals surface area contributed by atoms with Crippen LogP contribution in [0.1, 0.15) is 70.3 Å². The number of benzene rings is 2. The zero-order valence-corrected chi connectivity index (χ0v) is 31.0. The summed E-state index contributed by atoms with van der Waals surface area (Å²) in [4.78, 5) is 18.2. The van der Waals surface area contributed by atoms with Gasteiger partial charge in [-0.3, -0.25) is 4.90 Å². The van der Waals surface area contributed by atoms with Crippen LogP contribution in [0, 0.1) is 29.4 Å². The van der Waals surface area contributed by atoms with E-state index in [4.69, 9.17) is 25.6 Å². The normalized spacial score (nSPS) is 26.1. The summed E-state index contributed by atoms with van der Waals surface area (Å²) >= 11 is 0. The molecule has 0 spiro atoms. The molecule has 2 aromatic carbocycles. The Morgan fingerprint density at radius 1 is 1.02 bits per heavy atom. The Kier molecular flexibility index (Phi) is 9.71. The van der Waals surface area contributed by atoms with Crippen molar-refractivity contribution in [2.75, 3.05) is 51.5 Å². The smallest absolute Gasteiger partial charge is 0.319 e. The van der Waals surface area contributed by atoms with Crippen molar-refractivity contribution in [3.8, 4) is 41.2 Å². The van der Waals surface area contributed by atoms with E-state index in [2.05, 4.69) is 20.8 Å². The van der Waals surface area contributed by atoms with Gasteiger partial charge in [-0.05, 0) is 75.6 Å². The highest BCUT2D eigenvalue weighted by molar-refractivity contribution is 6.04. The van der Waals surface area contributed by atoms with Gasteiger partial charge in [-0.1, -0.05) is 18.4 Å². The van der Waals surface area contributed by atoms with Gasteiger partial charge in [0.25, 0.3) is 0 Å². The summed E-state index contributed by atoms with van der Waals surface area (Å²) in [6, 6.07) is 5.43. The fourth-order valence-electron chi connectivity index (χ4n) is 9.60. The molecule has 3 atom stereocenters. The molecule has 292 valence electrons. The van der Waals surface area contributed by atoms with Crippen LogP contribution in [-0.2, 0) is 4.74 Å². The minimum Gasteiger partial charge on any atom is -0.508 e. The van der Waals surface area contributed by atoms with Crippen molar-refractivity contribution in [2.45, 2.75) is 88.3 Å². The maximum Gasteiger partial charge on any atom is 0.319 e. The maximum atomic E-state index is 17.3. The van der Waals surface area contributed by atoms with Gasteiger partial charge in [0.2, 0.25) is 11.8 Å². The van der Waals surface area contributed by atoms with Gasteiger partial charge in [0.05, 0.1) is 39.0 Å². The van der Waals surface area contributed by atoms with Gasteiger partial charge in [0.15, 0.2) is 5.82 Å². The lowest BCUT2D eigenvalue weighted by atomic mass is 9.74. The van der Waals surface area contributed by atoms with Crippen molar-refractivity contribution in [3.05, 3.63) is 41.5 Å². The van der Waals surface area contributed by atoms with Crippen molar-refractivity contribution in [3.63, 3.8) is 0 Å². The number of likely N-dealkylation sites (tertiary alicyclic amines) is 1. The molecule has 2 saturated carbocycles. The number of pyridine rings is 1. The second kappa shape index (κ2) is 14.2. The van der Waals surface area contributed by atoms with Gasteiger partial charge in [0, 0.05) is 47.8 Å². The van der Waals surface area contributed by atoms with Gasteiger partial charge >= 0.3 is 6.01 Å². The molecular weight excluding hydrogens is 718 g/mol. The summed E-state index contributed by atoms with van der Waals surface area (Å²) in [5.74, 6) is -1.91. The summed E-state index contributed by atoms with van der Waals surface area (Å²) in [5, 5.41) is 22.5. The molecule has 2 N–H and O–H groups in total. The number of anilines is 1. The number of ether oxygens (including phenoxy) is 3. The number of hydrogen-bond donors (Lipinski definition) is 2. The Morgan fingerprint density at radius 3 is 2.56 bits per heavy atom. The second-order valence-electron chi connectivity index (χ2n) is 16.0. The Bertz CT molecular complexity index is 2170. The predicted octanol–water partition coefficient (Wildman–Crippen LogP) is 7.00. The average Bonchev–Trinajstić information content (AvgIpc) is 3.51. The van der Waals surface area contributed by atoms with Crippen molar-refractivity contribution >= 4 is 27.5 Å². The van der Waals surface area contributed by atoms with Crippen LogP contribution < -0.4 is 14.4 Å². The Morgan fingerprint density at radius 2 is 1.80 bits per heavy atom. The summed E-state index contributed by atoms with van der Waals surface area (Å²) < 4.78 is 78.6. The van der Waals surface area contributed by atoms with Gasteiger partial charge in [-0.25, -0.2) is 22.5 Å². The van der Waals surface area contributed by atoms with Crippen LogP contribution in [0.2, 0.25) is 0 Å². The van der Waals surface area contributed by atoms with Crippen molar-refractivity contribution < 1.29 is 42.0 Å². The number of hydrogen-bond acceptors (Lipinski definition) is 10. The average molecular weight is 764 g/mol. The number of aliphatic hydroxyl groups is 1. The zero-order valence-electron chi connectivity index (χ0n) is 31.0. The van der Waals surface area contributed by atoms with E-state index < -0.39 is 23.2 Å². The molecule has 2 aromatic heterocycles. The number of nitrogens with zero attached hydrogens (tertiary/aromatic N) is 5. The Hall–Kier alpha value is -4.45. The molecule has 14 heteroatoms. The molecule has 4 heterocycles. The summed E-state index contributed by atoms with van der Waals surface area (Å²) in [5.41, 5.74) is -2.13. The SMILES string of the molecule is C#Cc1c(F)ccc2cc(O)cc(-c3nc(OC)c4c(N5CCOC[C@@](C)(O)C5)nc(OC[C@]56CCC[C@H]5N(C5CCC(F)(F)CC5)CCC6)nc4c3F)c12. The molecule has 4 aromatic rings. The van der Waals surface area contributed by atoms with Crippen molar-refractivity contribution in [1.29, 1.82) is 0 Å². The third-order valence-corrected chi connectivity index (χ3v) is 12.1. The second-order valence-corrected chi connectivity index (χ2v) is 16.0. The van der Waals surface area contributed by atoms with Crippen LogP contribution in [-0.4, -0.2) is 100 Å². The lowest BCUT2D eigenvalue weighted by Crippen LogP contribution is -2.56. The quantitative estimate of drug-likeness (QED) is 0.151. The van der Waals surface area contributed by atoms with Crippen LogP contribution in [0.5, 0.6) is 17.6 Å². The highest BCUT2D eigenvalue weighted by Gasteiger charge is 2.51. The minimum atomic E-state index is -2.61. The summed E-state index contributed by atoms with van der Waals surface area (Å²) in [7, 11) is 1.37. The number of aromatic nitrogens is 3. The third-order valence-electron chi connectivity index (χ3n) is 12.1. The number of β-amino-alcohol motifs (C(OH)–C–C–N with tert-alkyl or cyclic N) is 1. The number of aromatic hydroxyl groups is 1. The molecule has 55 heavy (non-hydrogen) atoms. The lowest BCUT2D eigenvalue weighted by Gasteiger charge is -2.50. The van der Waals surface area contributed by atoms with Crippen LogP contribution in [0.3, 0.4) is 0 Å². The molecule has 0 unspecified atom stereocenters. The largest absolute Gasteiger partial charge is 0.508 e. The minimum absolute atomic E-state index is 0.0318. The highest BCUT2D eigenvalue weighted by Crippen LogP contribution is 2.51. The highest BCUT2D eigenvalue weighted by atomic mass is 19.3. The van der Waals surface area contributed by atoms with E-state index in [-0.39, 0.29) is 120 Å². The van der Waals surface area contributed by atoms with E-state index in [1.807, 2.05) is 0 Å². The number of phenols is 1. The number of phenolic OH excluding ortho intramolecular Hbond substituents is 1. The third kappa shape index (κ3) is 6.89. The molecule has 8 rings (SSSR count). The molecule has 2 aliphatic heterocycles. The summed E-state index contributed by atoms with van der Waals surface area (Å²) in [6.45, 7) is 3.41. The van der Waals surface area contributed by atoms with E-state index >= 15 is 8.78 Å². The Labute approximate surface area is 316 Å². The van der Waals surface area contributed by atoms with Crippen LogP contribution >= 0.6 is 0 Å². The number of alkyl halides is 2. The molecule has 4 aliphatic rings. The van der Waals surface area contributed by atoms with Crippen LogP contribution in [0.4, 0.5) is 23.4 Å². The topological polar surface area (TPSA) is 113 Å². The number of methoxy groups -OCH3 is 1. The van der Waals surface area contributed by atoms with E-state index in [0.717, 1.165) is 38.6 Å². The van der Waals surface area contributed by atoms with E-state index in [1.165, 1.54) is 31.4 Å². The molecular formula is C41H45F4N5O5. The first kappa shape index (κ1) is 37.5. The number of piperidine rings is 1. The van der Waals surface area contributed by atoms with Crippen molar-refractivity contribution in [2.24, 2.45) is 5.41 Å². The van der Waals surface area contributed by atoms with Crippen LogP contribution in [0.25, 0.3) is 32.9 Å². The van der Waals surface area contributed by atoms with E-state index in [1.54, 1.807) is 11.8 Å². The molecule has 0 bridgehead atoms. The summed E-state index contributed by atoms with van der Waals surface area (Å²) in [6.07, 6.45) is 11.0. The fourth-order valence-corrected chi connectivity index (χ4v) is 9.60. The molecule has 4 fully saturated rings. The molecule has 10 nitrogen and oxygen atoms in total. The van der Waals surface area contributed by atoms with Gasteiger partial charge < -0.3 is 29.3 Å². The van der Waals surface area contributed by atoms with Gasteiger partial charge in [0.1, 0.15) is 39.6 Å². The number of rotatable bonds is 7. The van der Waals surface area contributed by atoms with E-state index in [0.29, 0.717) is 18.2 Å². The lowest BCUT2D eigenvalue weighted by molar-refractivity contribution is -0.0801.